The molecular formula is C20H17NO3S. The standard InChI is InChI=1S/C20H17NO3S/c1-12-15-9-14(11-18-19(22)21-20(23)25-18)7-8-16(15)24-17(12)10-13-5-3-2-4-6-13/h2-9,18H,10-11H2,1H3,(H,21,22,23). The molecule has 4 nitrogen and oxygen atoms in total. The zero-order valence-electron chi connectivity index (χ0n) is 13.7. The number of hydrogen-bond donors (Lipinski definition) is 1. The molecule has 0 saturated carbocycles. The molecule has 1 aliphatic rings. The van der Waals surface area contributed by atoms with Crippen LogP contribution in [-0.2, 0) is 17.6 Å². The molecule has 1 saturated heterocycles. The lowest BCUT2D eigenvalue weighted by atomic mass is 10.0. The van der Waals surface area contributed by atoms with Gasteiger partial charge in [-0.05, 0) is 42.2 Å². The Morgan fingerprint density at radius 3 is 2.60 bits per heavy atom. The smallest absolute Gasteiger partial charge is 0.286 e. The molecule has 1 atom stereocenters. The summed E-state index contributed by atoms with van der Waals surface area (Å²) in [5.74, 6) is 0.755. The van der Waals surface area contributed by atoms with Gasteiger partial charge in [-0.3, -0.25) is 14.9 Å². The van der Waals surface area contributed by atoms with E-state index < -0.39 is 0 Å². The second-order valence-electron chi connectivity index (χ2n) is 6.23. The summed E-state index contributed by atoms with van der Waals surface area (Å²) in [5.41, 5.74) is 4.22. The van der Waals surface area contributed by atoms with Gasteiger partial charge in [-0.1, -0.05) is 48.2 Å². The number of fused-ring (bicyclic) bond motifs is 1. The van der Waals surface area contributed by atoms with Crippen molar-refractivity contribution in [3.05, 3.63) is 71.0 Å². The van der Waals surface area contributed by atoms with Crippen LogP contribution in [-0.4, -0.2) is 16.4 Å². The van der Waals surface area contributed by atoms with Crippen LogP contribution in [0.15, 0.2) is 52.9 Å². The van der Waals surface area contributed by atoms with Crippen molar-refractivity contribution in [2.24, 2.45) is 0 Å². The van der Waals surface area contributed by atoms with Crippen LogP contribution in [0.1, 0.15) is 22.5 Å². The molecule has 1 N–H and O–H groups in total. The Kier molecular flexibility index (Phi) is 4.09. The first kappa shape index (κ1) is 16.0. The van der Waals surface area contributed by atoms with E-state index in [0.717, 1.165) is 46.0 Å². The third-order valence-electron chi connectivity index (χ3n) is 4.49. The first-order valence-corrected chi connectivity index (χ1v) is 9.04. The van der Waals surface area contributed by atoms with Crippen LogP contribution in [0.4, 0.5) is 4.79 Å². The fourth-order valence-electron chi connectivity index (χ4n) is 3.14. The highest BCUT2D eigenvalue weighted by Gasteiger charge is 2.31. The van der Waals surface area contributed by atoms with E-state index in [2.05, 4.69) is 30.4 Å². The molecule has 0 bridgehead atoms. The van der Waals surface area contributed by atoms with Gasteiger partial charge in [0.25, 0.3) is 5.24 Å². The number of furan rings is 1. The highest BCUT2D eigenvalue weighted by atomic mass is 32.2. The topological polar surface area (TPSA) is 59.3 Å². The average molecular weight is 351 g/mol. The largest absolute Gasteiger partial charge is 0.460 e. The van der Waals surface area contributed by atoms with Crippen molar-refractivity contribution in [3.63, 3.8) is 0 Å². The summed E-state index contributed by atoms with van der Waals surface area (Å²) in [6.07, 6.45) is 1.29. The molecule has 4 rings (SSSR count). The minimum Gasteiger partial charge on any atom is -0.460 e. The van der Waals surface area contributed by atoms with Crippen molar-refractivity contribution in [1.29, 1.82) is 0 Å². The second kappa shape index (κ2) is 6.41. The van der Waals surface area contributed by atoms with Crippen molar-refractivity contribution in [1.82, 2.24) is 5.32 Å². The van der Waals surface area contributed by atoms with Crippen molar-refractivity contribution in [2.45, 2.75) is 25.0 Å². The summed E-state index contributed by atoms with van der Waals surface area (Å²) < 4.78 is 6.03. The highest BCUT2D eigenvalue weighted by molar-refractivity contribution is 8.15. The van der Waals surface area contributed by atoms with Crippen LogP contribution in [0.5, 0.6) is 0 Å². The summed E-state index contributed by atoms with van der Waals surface area (Å²) in [7, 11) is 0. The molecular weight excluding hydrogens is 334 g/mol. The van der Waals surface area contributed by atoms with E-state index in [9.17, 15) is 9.59 Å². The lowest BCUT2D eigenvalue weighted by Crippen LogP contribution is -2.25. The molecule has 1 fully saturated rings. The van der Waals surface area contributed by atoms with Crippen LogP contribution in [0.25, 0.3) is 11.0 Å². The van der Waals surface area contributed by atoms with Gasteiger partial charge in [-0.2, -0.15) is 0 Å². The molecule has 1 aliphatic heterocycles. The summed E-state index contributed by atoms with van der Waals surface area (Å²) in [4.78, 5) is 23.1. The summed E-state index contributed by atoms with van der Waals surface area (Å²) in [6.45, 7) is 2.06. The predicted octanol–water partition coefficient (Wildman–Crippen LogP) is 4.23. The molecule has 2 heterocycles. The molecule has 0 spiro atoms. The van der Waals surface area contributed by atoms with Crippen LogP contribution >= 0.6 is 11.8 Å². The number of carbonyl (C=O) groups excluding carboxylic acids is 2. The fourth-order valence-corrected chi connectivity index (χ4v) is 4.00. The van der Waals surface area contributed by atoms with Gasteiger partial charge in [0.2, 0.25) is 5.91 Å². The van der Waals surface area contributed by atoms with Gasteiger partial charge in [0.15, 0.2) is 0 Å². The van der Waals surface area contributed by atoms with Gasteiger partial charge in [0.1, 0.15) is 11.3 Å². The van der Waals surface area contributed by atoms with Gasteiger partial charge in [-0.25, -0.2) is 0 Å². The number of carbonyl (C=O) groups is 2. The highest BCUT2D eigenvalue weighted by Crippen LogP contribution is 2.30. The van der Waals surface area contributed by atoms with Crippen molar-refractivity contribution < 1.29 is 14.0 Å². The van der Waals surface area contributed by atoms with E-state index >= 15 is 0 Å². The van der Waals surface area contributed by atoms with Crippen molar-refractivity contribution in [2.75, 3.05) is 0 Å². The molecule has 5 heteroatoms. The second-order valence-corrected chi connectivity index (χ2v) is 7.41. The number of thioether (sulfide) groups is 1. The predicted molar refractivity (Wildman–Crippen MR) is 98.8 cm³/mol. The van der Waals surface area contributed by atoms with E-state index in [1.54, 1.807) is 0 Å². The maximum Gasteiger partial charge on any atom is 0.286 e. The first-order chi connectivity index (χ1) is 12.1. The Morgan fingerprint density at radius 2 is 1.88 bits per heavy atom. The Bertz CT molecular complexity index is 962. The van der Waals surface area contributed by atoms with Crippen molar-refractivity contribution in [3.8, 4) is 0 Å². The number of aryl methyl sites for hydroxylation is 1. The van der Waals surface area contributed by atoms with Gasteiger partial charge >= 0.3 is 0 Å². The number of nitrogens with one attached hydrogen (secondary N) is 1. The third-order valence-corrected chi connectivity index (χ3v) is 5.48. The average Bonchev–Trinajstić information content (AvgIpc) is 3.08. The normalized spacial score (nSPS) is 17.2. The Labute approximate surface area is 149 Å². The van der Waals surface area contributed by atoms with Gasteiger partial charge in [-0.15, -0.1) is 0 Å². The lowest BCUT2D eigenvalue weighted by Gasteiger charge is -2.05. The molecule has 25 heavy (non-hydrogen) atoms. The van der Waals surface area contributed by atoms with Gasteiger partial charge in [0, 0.05) is 11.8 Å². The van der Waals surface area contributed by atoms with Gasteiger partial charge < -0.3 is 4.42 Å². The number of hydrogen-bond acceptors (Lipinski definition) is 4. The van der Waals surface area contributed by atoms with Crippen LogP contribution in [0, 0.1) is 6.92 Å². The van der Waals surface area contributed by atoms with E-state index in [1.807, 2.05) is 30.3 Å². The summed E-state index contributed by atoms with van der Waals surface area (Å²) >= 11 is 1.06. The van der Waals surface area contributed by atoms with Crippen molar-refractivity contribution >= 4 is 33.9 Å². The maximum atomic E-state index is 11.8. The molecule has 0 aliphatic carbocycles. The Hall–Kier alpha value is -2.53. The zero-order valence-corrected chi connectivity index (χ0v) is 14.6. The Morgan fingerprint density at radius 1 is 1.08 bits per heavy atom. The number of rotatable bonds is 4. The first-order valence-electron chi connectivity index (χ1n) is 8.16. The van der Waals surface area contributed by atoms with Gasteiger partial charge in [0.05, 0.1) is 5.25 Å². The molecule has 126 valence electrons. The quantitative estimate of drug-likeness (QED) is 0.764. The lowest BCUT2D eigenvalue weighted by molar-refractivity contribution is -0.118. The molecule has 2 amide bonds. The molecule has 1 aromatic heterocycles. The summed E-state index contributed by atoms with van der Waals surface area (Å²) in [5, 5.41) is 2.79. The molecule has 1 unspecified atom stereocenters. The zero-order chi connectivity index (χ0) is 17.4. The van der Waals surface area contributed by atoms with E-state index in [0.29, 0.717) is 6.42 Å². The monoisotopic (exact) mass is 351 g/mol. The van der Waals surface area contributed by atoms with E-state index in [-0.39, 0.29) is 16.4 Å². The summed E-state index contributed by atoms with van der Waals surface area (Å²) in [6, 6.07) is 16.2. The molecule has 0 radical (unpaired) electrons. The number of amides is 2. The number of imide groups is 1. The van der Waals surface area contributed by atoms with E-state index in [1.165, 1.54) is 5.56 Å². The van der Waals surface area contributed by atoms with Crippen LogP contribution < -0.4 is 5.32 Å². The SMILES string of the molecule is Cc1c(Cc2ccccc2)oc2ccc(CC3SC(=O)NC3=O)cc12. The molecule has 3 aromatic rings. The Balaban J connectivity index is 1.61. The minimum atomic E-state index is -0.346. The third kappa shape index (κ3) is 3.20. The van der Waals surface area contributed by atoms with E-state index in [4.69, 9.17) is 4.42 Å². The minimum absolute atomic E-state index is 0.205. The molecule has 2 aromatic carbocycles. The van der Waals surface area contributed by atoms with Crippen LogP contribution in [0.3, 0.4) is 0 Å². The van der Waals surface area contributed by atoms with Crippen LogP contribution in [0.2, 0.25) is 0 Å². The maximum absolute atomic E-state index is 11.8. The fraction of sp³-hybridized carbons (Fsp3) is 0.200. The number of benzene rings is 2.